The minimum Gasteiger partial charge on any atom is -0.480 e. The van der Waals surface area contributed by atoms with E-state index in [2.05, 4.69) is 4.90 Å². The van der Waals surface area contributed by atoms with Crippen LogP contribution in [-0.4, -0.2) is 136 Å². The average molecular weight is 543 g/mol. The summed E-state index contributed by atoms with van der Waals surface area (Å²) < 4.78 is 0. The molecule has 0 radical (unpaired) electrons. The molecule has 2 rings (SSSR count). The monoisotopic (exact) mass is 542 g/mol. The highest BCUT2D eigenvalue weighted by atomic mass is 31.1. The highest BCUT2D eigenvalue weighted by molar-refractivity contribution is 7.50. The number of hydrogen-bond acceptors (Lipinski definition) is 8. The maximum atomic E-state index is 11.4. The second-order valence-corrected chi connectivity index (χ2v) is 10.5. The van der Waals surface area contributed by atoms with Gasteiger partial charge in [-0.05, 0) is 12.5 Å². The Balaban J connectivity index is 0.00000334. The number of benzene rings is 1. The number of carboxylic acids is 3. The Labute approximate surface area is 221 Å². The van der Waals surface area contributed by atoms with Crippen molar-refractivity contribution in [1.29, 1.82) is 0 Å². The molecule has 1 fully saturated rings. The van der Waals surface area contributed by atoms with E-state index in [-0.39, 0.29) is 19.6 Å². The largest absolute Gasteiger partial charge is 0.480 e. The molecule has 1 aromatic rings. The first-order chi connectivity index (χ1) is 17.6. The summed E-state index contributed by atoms with van der Waals surface area (Å²) in [5.41, 5.74) is 2.20. The Bertz CT molecular complexity index is 796. The van der Waals surface area contributed by atoms with E-state index in [1.165, 1.54) is 0 Å². The van der Waals surface area contributed by atoms with Crippen LogP contribution in [0.5, 0.6) is 0 Å². The predicted octanol–water partition coefficient (Wildman–Crippen LogP) is 1.34. The third kappa shape index (κ3) is 15.0. The summed E-state index contributed by atoms with van der Waals surface area (Å²) in [5.74, 6) is -2.89. The normalized spacial score (nSPS) is 18.1. The smallest absolute Gasteiger partial charge is 0.317 e. The lowest BCUT2D eigenvalue weighted by Gasteiger charge is -2.33. The van der Waals surface area contributed by atoms with Crippen molar-refractivity contribution in [2.75, 3.05) is 78.3 Å². The van der Waals surface area contributed by atoms with Crippen molar-refractivity contribution in [2.24, 2.45) is 0 Å². The van der Waals surface area contributed by atoms with Crippen molar-refractivity contribution in [2.45, 2.75) is 26.9 Å². The van der Waals surface area contributed by atoms with Crippen LogP contribution < -0.4 is 0 Å². The van der Waals surface area contributed by atoms with Crippen LogP contribution >= 0.6 is 8.15 Å². The van der Waals surface area contributed by atoms with E-state index in [0.717, 1.165) is 11.1 Å². The summed E-state index contributed by atoms with van der Waals surface area (Å²) in [6.45, 7) is 8.90. The van der Waals surface area contributed by atoms with E-state index >= 15 is 0 Å². The molecule has 1 aromatic carbocycles. The predicted molar refractivity (Wildman–Crippen MR) is 144 cm³/mol. The minimum atomic E-state index is -1.33. The molecule has 0 aromatic heterocycles. The second kappa shape index (κ2) is 18.2. The molecular formula is C25H43N4O7P. The van der Waals surface area contributed by atoms with Crippen LogP contribution in [0.2, 0.25) is 0 Å². The molecule has 37 heavy (non-hydrogen) atoms. The van der Waals surface area contributed by atoms with Crippen molar-refractivity contribution in [3.8, 4) is 0 Å². The summed E-state index contributed by atoms with van der Waals surface area (Å²) in [7, 11) is -1.33. The minimum absolute atomic E-state index is 0.156. The second-order valence-electron chi connectivity index (χ2n) is 8.92. The SMILES string of the molecule is CC.Cc1ccc(CP(O)CN2CCN(CC(=O)O)CCN(CC(=O)O)CCN(CC(=O)O)CC2)cc1. The summed E-state index contributed by atoms with van der Waals surface area (Å²) >= 11 is 0. The Morgan fingerprint density at radius 1 is 0.676 bits per heavy atom. The number of hydrogen-bond donors (Lipinski definition) is 4. The van der Waals surface area contributed by atoms with Crippen molar-refractivity contribution in [1.82, 2.24) is 19.6 Å². The molecule has 0 aliphatic carbocycles. The van der Waals surface area contributed by atoms with Gasteiger partial charge in [-0.1, -0.05) is 43.7 Å². The van der Waals surface area contributed by atoms with Crippen molar-refractivity contribution < 1.29 is 34.6 Å². The first kappa shape index (κ1) is 32.9. The van der Waals surface area contributed by atoms with Gasteiger partial charge in [0.15, 0.2) is 0 Å². The molecule has 210 valence electrons. The lowest BCUT2D eigenvalue weighted by molar-refractivity contribution is -0.140. The van der Waals surface area contributed by atoms with E-state index in [9.17, 15) is 34.6 Å². The molecule has 1 saturated heterocycles. The highest BCUT2D eigenvalue weighted by Gasteiger charge is 2.21. The maximum Gasteiger partial charge on any atom is 0.317 e. The van der Waals surface area contributed by atoms with Crippen LogP contribution in [0.4, 0.5) is 0 Å². The Morgan fingerprint density at radius 2 is 1.00 bits per heavy atom. The van der Waals surface area contributed by atoms with Gasteiger partial charge in [-0.3, -0.25) is 34.0 Å². The van der Waals surface area contributed by atoms with Gasteiger partial charge < -0.3 is 20.2 Å². The highest BCUT2D eigenvalue weighted by Crippen LogP contribution is 2.35. The van der Waals surface area contributed by atoms with Gasteiger partial charge >= 0.3 is 17.9 Å². The molecular weight excluding hydrogens is 499 g/mol. The fourth-order valence-corrected chi connectivity index (χ4v) is 5.43. The van der Waals surface area contributed by atoms with Crippen LogP contribution in [0.3, 0.4) is 0 Å². The lowest BCUT2D eigenvalue weighted by atomic mass is 10.2. The number of aliphatic carboxylic acids is 3. The fourth-order valence-electron chi connectivity index (χ4n) is 3.95. The molecule has 0 amide bonds. The van der Waals surface area contributed by atoms with Crippen LogP contribution in [-0.2, 0) is 20.5 Å². The molecule has 1 aliphatic rings. The lowest BCUT2D eigenvalue weighted by Crippen LogP contribution is -2.48. The first-order valence-corrected chi connectivity index (χ1v) is 14.3. The van der Waals surface area contributed by atoms with Gasteiger partial charge in [0.25, 0.3) is 0 Å². The Morgan fingerprint density at radius 3 is 1.32 bits per heavy atom. The van der Waals surface area contributed by atoms with Crippen LogP contribution in [0.1, 0.15) is 25.0 Å². The first-order valence-electron chi connectivity index (χ1n) is 12.6. The number of carbonyl (C=O) groups is 3. The van der Waals surface area contributed by atoms with Crippen molar-refractivity contribution in [3.63, 3.8) is 0 Å². The van der Waals surface area contributed by atoms with E-state index in [0.29, 0.717) is 64.8 Å². The Kier molecular flexibility index (Phi) is 16.1. The van der Waals surface area contributed by atoms with Crippen LogP contribution in [0, 0.1) is 6.92 Å². The van der Waals surface area contributed by atoms with Gasteiger partial charge in [-0.2, -0.15) is 0 Å². The molecule has 1 aliphatic heterocycles. The van der Waals surface area contributed by atoms with Gasteiger partial charge in [0.05, 0.1) is 19.6 Å². The standard InChI is InChI=1S/C23H37N4O7P.C2H6/c1-19-2-4-20(5-3-19)17-35(34)18-27-12-10-25(15-22(30)31)8-6-24(14-21(28)29)7-9-26(11-13-27)16-23(32)33;1-2/h2-5,34H,6-18H2,1H3,(H,28,29)(H,30,31)(H,32,33);1-2H3. The molecule has 0 saturated carbocycles. The molecule has 4 N–H and O–H groups in total. The van der Waals surface area contributed by atoms with Gasteiger partial charge in [0.2, 0.25) is 0 Å². The third-order valence-electron chi connectivity index (χ3n) is 5.86. The van der Waals surface area contributed by atoms with Gasteiger partial charge in [0, 0.05) is 73.0 Å². The number of rotatable bonds is 10. The number of nitrogens with zero attached hydrogens (tertiary/aromatic N) is 4. The van der Waals surface area contributed by atoms with Gasteiger partial charge in [-0.25, -0.2) is 0 Å². The molecule has 0 spiro atoms. The van der Waals surface area contributed by atoms with Gasteiger partial charge in [-0.15, -0.1) is 0 Å². The molecule has 11 nitrogen and oxygen atoms in total. The van der Waals surface area contributed by atoms with Gasteiger partial charge in [0.1, 0.15) is 0 Å². The van der Waals surface area contributed by atoms with E-state index in [1.807, 2.05) is 45.0 Å². The topological polar surface area (TPSA) is 145 Å². The van der Waals surface area contributed by atoms with Crippen molar-refractivity contribution >= 4 is 26.1 Å². The van der Waals surface area contributed by atoms with E-state index < -0.39 is 26.1 Å². The average Bonchev–Trinajstić information content (AvgIpc) is 2.82. The number of carboxylic acid groups (broad SMARTS) is 3. The summed E-state index contributed by atoms with van der Waals surface area (Å²) in [4.78, 5) is 52.1. The third-order valence-corrected chi connectivity index (χ3v) is 7.31. The molecule has 0 bridgehead atoms. The molecule has 1 unspecified atom stereocenters. The molecule has 1 atom stereocenters. The summed E-state index contributed by atoms with van der Waals surface area (Å²) in [6.07, 6.45) is 0.990. The fraction of sp³-hybridized carbons (Fsp3) is 0.640. The van der Waals surface area contributed by atoms with E-state index in [4.69, 9.17) is 0 Å². The zero-order valence-corrected chi connectivity index (χ0v) is 23.1. The number of aryl methyl sites for hydroxylation is 1. The van der Waals surface area contributed by atoms with E-state index in [1.54, 1.807) is 14.7 Å². The maximum absolute atomic E-state index is 11.4. The molecule has 1 heterocycles. The summed E-state index contributed by atoms with van der Waals surface area (Å²) in [6, 6.07) is 8.03. The quantitative estimate of drug-likeness (QED) is 0.318. The Hall–Kier alpha value is -2.14. The molecule has 12 heteroatoms. The van der Waals surface area contributed by atoms with Crippen LogP contribution in [0.15, 0.2) is 24.3 Å². The van der Waals surface area contributed by atoms with Crippen LogP contribution in [0.25, 0.3) is 0 Å². The van der Waals surface area contributed by atoms with Crippen molar-refractivity contribution in [3.05, 3.63) is 35.4 Å². The summed E-state index contributed by atoms with van der Waals surface area (Å²) in [5, 5.41) is 27.9. The zero-order chi connectivity index (χ0) is 27.8. The zero-order valence-electron chi connectivity index (χ0n) is 22.3.